The second-order valence-electron chi connectivity index (χ2n) is 16.7. The minimum atomic E-state index is -1.33. The Balaban J connectivity index is 5.01. The highest BCUT2D eigenvalue weighted by Crippen LogP contribution is 2.09. The van der Waals surface area contributed by atoms with Crippen molar-refractivity contribution in [3.63, 3.8) is 0 Å². The van der Waals surface area contributed by atoms with Gasteiger partial charge in [0.05, 0.1) is 0 Å². The number of aliphatic carboxylic acids is 1. The van der Waals surface area contributed by atoms with E-state index in [0.717, 1.165) is 0 Å². The van der Waals surface area contributed by atoms with Gasteiger partial charge in [0.1, 0.15) is 22.8 Å². The van der Waals surface area contributed by atoms with Gasteiger partial charge in [0.15, 0.2) is 0 Å². The van der Waals surface area contributed by atoms with Gasteiger partial charge in [-0.1, -0.05) is 0 Å². The van der Waals surface area contributed by atoms with Crippen LogP contribution in [0.3, 0.4) is 0 Å². The quantitative estimate of drug-likeness (QED) is 0.0489. The summed E-state index contributed by atoms with van der Waals surface area (Å²) in [7, 11) is 0. The number of rotatable bonds is 26. The fraction of sp³-hybridized carbons (Fsp3) is 0.795. The number of nitrogens with zero attached hydrogens (tertiary/aromatic N) is 1. The van der Waals surface area contributed by atoms with E-state index in [1.807, 2.05) is 0 Å². The molecule has 0 spiro atoms. The molecule has 0 fully saturated rings. The Morgan fingerprint density at radius 3 is 1.16 bits per heavy atom. The summed E-state index contributed by atoms with van der Waals surface area (Å²) in [5.41, 5.74) is -1.88. The Hall–Kier alpha value is -4.84. The Bertz CT molecular complexity index is 1270. The van der Waals surface area contributed by atoms with Gasteiger partial charge < -0.3 is 56.1 Å². The summed E-state index contributed by atoms with van der Waals surface area (Å²) in [5.74, 6) is -2.76. The first kappa shape index (κ1) is 53.2. The number of hydrogen-bond acceptors (Lipinski definition) is 11. The van der Waals surface area contributed by atoms with Crippen LogP contribution in [0.4, 0.5) is 14.4 Å². The van der Waals surface area contributed by atoms with Crippen molar-refractivity contribution in [2.45, 2.75) is 156 Å². The number of carbonyl (C=O) groups is 8. The molecule has 7 N–H and O–H groups in total. The fourth-order valence-electron chi connectivity index (χ4n) is 4.89. The minimum absolute atomic E-state index is 0.0136. The van der Waals surface area contributed by atoms with Crippen molar-refractivity contribution in [3.05, 3.63) is 0 Å². The van der Waals surface area contributed by atoms with E-state index in [4.69, 9.17) is 14.2 Å². The predicted molar refractivity (Wildman–Crippen MR) is 216 cm³/mol. The van der Waals surface area contributed by atoms with E-state index in [2.05, 4.69) is 31.9 Å². The molecule has 0 aromatic rings. The smallest absolute Gasteiger partial charge is 0.407 e. The maximum Gasteiger partial charge on any atom is 0.407 e. The molecular formula is C39H71N7O12. The van der Waals surface area contributed by atoms with Crippen LogP contribution in [0.25, 0.3) is 0 Å². The highest BCUT2D eigenvalue weighted by Gasteiger charge is 2.24. The number of carboxylic acids is 1. The van der Waals surface area contributed by atoms with Crippen LogP contribution in [0, 0.1) is 0 Å². The summed E-state index contributed by atoms with van der Waals surface area (Å²) >= 11 is 0. The zero-order valence-corrected chi connectivity index (χ0v) is 36.2. The molecule has 19 heteroatoms. The Kier molecular flexibility index (Phi) is 25.4. The Labute approximate surface area is 343 Å². The van der Waals surface area contributed by atoms with Crippen molar-refractivity contribution in [1.29, 1.82) is 0 Å². The number of ether oxygens (including phenoxy) is 3. The number of amides is 7. The van der Waals surface area contributed by atoms with E-state index >= 15 is 0 Å². The molecule has 0 aromatic carbocycles. The van der Waals surface area contributed by atoms with E-state index in [0.29, 0.717) is 51.6 Å². The third-order valence-electron chi connectivity index (χ3n) is 7.54. The maximum absolute atomic E-state index is 13.3. The number of unbranched alkanes of at least 4 members (excludes halogenated alkanes) is 3. The van der Waals surface area contributed by atoms with Crippen LogP contribution in [0.1, 0.15) is 133 Å². The Morgan fingerprint density at radius 1 is 0.483 bits per heavy atom. The third-order valence-corrected chi connectivity index (χ3v) is 7.54. The number of alkyl carbamates (subject to hydrolysis) is 3. The van der Waals surface area contributed by atoms with Crippen molar-refractivity contribution < 1.29 is 57.7 Å². The first-order valence-corrected chi connectivity index (χ1v) is 20.1. The lowest BCUT2D eigenvalue weighted by Gasteiger charge is -2.24. The SMILES string of the molecule is CC(C)(C)OC(=O)NCCCCC(=O)NCCN(CCNC(=O)CCCCNC(=O)OC(C)(C)C)C(=O)CCC(NC(=O)CCCCNC(=O)OC(C)(C)C)C(=O)O. The lowest BCUT2D eigenvalue weighted by molar-refractivity contribution is -0.142. The van der Waals surface area contributed by atoms with Gasteiger partial charge in [0.25, 0.3) is 0 Å². The molecule has 0 aromatic heterocycles. The van der Waals surface area contributed by atoms with Gasteiger partial charge in [-0.25, -0.2) is 19.2 Å². The summed E-state index contributed by atoms with van der Waals surface area (Å²) in [4.78, 5) is 99.5. The number of carbonyl (C=O) groups excluding carboxylic acids is 7. The van der Waals surface area contributed by atoms with Crippen LogP contribution >= 0.6 is 0 Å². The highest BCUT2D eigenvalue weighted by atomic mass is 16.6. The molecule has 0 aliphatic rings. The molecule has 0 heterocycles. The fourth-order valence-corrected chi connectivity index (χ4v) is 4.89. The van der Waals surface area contributed by atoms with Gasteiger partial charge in [-0.2, -0.15) is 0 Å². The largest absolute Gasteiger partial charge is 0.480 e. The molecule has 1 unspecified atom stereocenters. The zero-order chi connectivity index (χ0) is 44.4. The summed E-state index contributed by atoms with van der Waals surface area (Å²) in [5, 5.41) is 25.6. The summed E-state index contributed by atoms with van der Waals surface area (Å²) in [6, 6.07) is -1.33. The lowest BCUT2D eigenvalue weighted by atomic mass is 10.1. The monoisotopic (exact) mass is 830 g/mol. The van der Waals surface area contributed by atoms with Crippen molar-refractivity contribution in [2.24, 2.45) is 0 Å². The zero-order valence-electron chi connectivity index (χ0n) is 36.2. The molecular weight excluding hydrogens is 758 g/mol. The van der Waals surface area contributed by atoms with E-state index in [1.165, 1.54) is 4.90 Å². The normalized spacial score (nSPS) is 11.9. The minimum Gasteiger partial charge on any atom is -0.480 e. The lowest BCUT2D eigenvalue weighted by Crippen LogP contribution is -2.44. The van der Waals surface area contributed by atoms with Crippen LogP contribution in [-0.4, -0.2) is 127 Å². The molecule has 0 saturated heterocycles. The average Bonchev–Trinajstić information content (AvgIpc) is 3.06. The average molecular weight is 830 g/mol. The van der Waals surface area contributed by atoms with Crippen LogP contribution in [0.15, 0.2) is 0 Å². The first-order valence-electron chi connectivity index (χ1n) is 20.1. The molecule has 0 aliphatic carbocycles. The van der Waals surface area contributed by atoms with Crippen LogP contribution in [0.5, 0.6) is 0 Å². The van der Waals surface area contributed by atoms with Crippen LogP contribution in [0.2, 0.25) is 0 Å². The second-order valence-corrected chi connectivity index (χ2v) is 16.7. The molecule has 0 rings (SSSR count). The van der Waals surface area contributed by atoms with Crippen molar-refractivity contribution >= 4 is 47.9 Å². The van der Waals surface area contributed by atoms with E-state index < -0.39 is 58.9 Å². The van der Waals surface area contributed by atoms with Gasteiger partial charge in [-0.3, -0.25) is 19.2 Å². The molecule has 0 saturated carbocycles. The number of carboxylic acid groups (broad SMARTS) is 1. The van der Waals surface area contributed by atoms with Gasteiger partial charge in [-0.05, 0) is 107 Å². The van der Waals surface area contributed by atoms with Gasteiger partial charge in [-0.15, -0.1) is 0 Å². The predicted octanol–water partition coefficient (Wildman–Crippen LogP) is 3.48. The maximum atomic E-state index is 13.3. The summed E-state index contributed by atoms with van der Waals surface area (Å²) < 4.78 is 15.5. The van der Waals surface area contributed by atoms with Crippen molar-refractivity contribution in [1.82, 2.24) is 36.8 Å². The molecule has 334 valence electrons. The van der Waals surface area contributed by atoms with Crippen LogP contribution in [-0.2, 0) is 38.2 Å². The molecule has 19 nitrogen and oxygen atoms in total. The van der Waals surface area contributed by atoms with Crippen molar-refractivity contribution in [2.75, 3.05) is 45.8 Å². The standard InChI is InChI=1S/C39H71N7O12/c1-37(2,3)56-34(53)42-21-13-10-16-29(47)40-24-26-46(27-25-41-30(48)17-11-14-22-43-35(54)57-38(4,5)6)32(50)20-19-28(33(51)52)45-31(49)18-12-15-23-44-36(55)58-39(7,8)9/h28H,10-27H2,1-9H3,(H,40,47)(H,41,48)(H,42,53)(H,43,54)(H,44,55)(H,45,49)(H,51,52). The molecule has 0 aliphatic heterocycles. The number of hydrogen-bond donors (Lipinski definition) is 7. The van der Waals surface area contributed by atoms with Crippen molar-refractivity contribution in [3.8, 4) is 0 Å². The van der Waals surface area contributed by atoms with Crippen LogP contribution < -0.4 is 31.9 Å². The summed E-state index contributed by atoms with van der Waals surface area (Å²) in [6.07, 6.45) is 1.25. The highest BCUT2D eigenvalue weighted by molar-refractivity contribution is 5.84. The summed E-state index contributed by atoms with van der Waals surface area (Å²) in [6.45, 7) is 17.1. The molecule has 58 heavy (non-hydrogen) atoms. The van der Waals surface area contributed by atoms with Gasteiger partial charge in [0.2, 0.25) is 23.6 Å². The first-order chi connectivity index (χ1) is 26.9. The Morgan fingerprint density at radius 2 is 0.828 bits per heavy atom. The van der Waals surface area contributed by atoms with Gasteiger partial charge in [0, 0.05) is 71.5 Å². The molecule has 1 atom stereocenters. The van der Waals surface area contributed by atoms with Gasteiger partial charge >= 0.3 is 24.2 Å². The molecule has 7 amide bonds. The van der Waals surface area contributed by atoms with E-state index in [9.17, 15) is 43.5 Å². The second kappa shape index (κ2) is 27.7. The molecule has 0 radical (unpaired) electrons. The number of nitrogens with one attached hydrogen (secondary N) is 6. The van der Waals surface area contributed by atoms with E-state index in [-0.39, 0.29) is 76.6 Å². The van der Waals surface area contributed by atoms with E-state index in [1.54, 1.807) is 62.3 Å². The third kappa shape index (κ3) is 32.3. The topological polar surface area (TPSA) is 260 Å². The molecule has 0 bridgehead atoms.